The summed E-state index contributed by atoms with van der Waals surface area (Å²) in [7, 11) is 6.82. The lowest BCUT2D eigenvalue weighted by molar-refractivity contribution is -0.0862. The molecule has 0 saturated carbocycles. The van der Waals surface area contributed by atoms with Crippen molar-refractivity contribution in [1.29, 1.82) is 0 Å². The Morgan fingerprint density at radius 2 is 1.96 bits per heavy atom. The van der Waals surface area contributed by atoms with Crippen molar-refractivity contribution in [2.45, 2.75) is 25.2 Å². The lowest BCUT2D eigenvalue weighted by Crippen LogP contribution is -2.40. The number of allylic oxidation sites excluding steroid dienone is 5. The molecule has 3 aliphatic rings. The predicted octanol–water partition coefficient (Wildman–Crippen LogP) is 3.03. The number of ether oxygens (including phenoxy) is 4. The number of methoxy groups -OCH3 is 4. The fourth-order valence-electron chi connectivity index (χ4n) is 4.21. The van der Waals surface area contributed by atoms with Crippen LogP contribution in [0.4, 0.5) is 0 Å². The summed E-state index contributed by atoms with van der Waals surface area (Å²) in [5.41, 5.74) is 2.39. The Labute approximate surface area is 138 Å². The number of rotatable bonds is 5. The molecule has 124 valence electrons. The average molecular weight is 317 g/mol. The highest BCUT2D eigenvalue weighted by atomic mass is 16.7. The van der Waals surface area contributed by atoms with Crippen molar-refractivity contribution in [2.75, 3.05) is 28.4 Å². The highest BCUT2D eigenvalue weighted by Crippen LogP contribution is 2.49. The summed E-state index contributed by atoms with van der Waals surface area (Å²) in [6.07, 6.45) is 13.4. The van der Waals surface area contributed by atoms with Crippen LogP contribution in [0, 0.1) is 23.8 Å². The molecule has 3 aliphatic carbocycles. The molecule has 0 radical (unpaired) electrons. The van der Waals surface area contributed by atoms with Gasteiger partial charge in [0.2, 0.25) is 0 Å². The fraction of sp³-hybridized carbons (Fsp3) is 0.579. The standard InChI is InChI=1S/C19H25O4/c1-20-14-9-5-7-12-11-13-8-6-10-15(21-2)17(13)18(16(12)14)19(22-3)23-4/h5-7,9,12-13,15-16,19H,8,11H2,1-4H3/q+1. The lowest BCUT2D eigenvalue weighted by Gasteiger charge is -2.42. The van der Waals surface area contributed by atoms with Gasteiger partial charge >= 0.3 is 0 Å². The smallest absolute Gasteiger partial charge is 0.298 e. The molecule has 23 heavy (non-hydrogen) atoms. The zero-order valence-corrected chi connectivity index (χ0v) is 14.2. The molecule has 4 unspecified atom stereocenters. The lowest BCUT2D eigenvalue weighted by atomic mass is 9.64. The minimum Gasteiger partial charge on any atom is -0.500 e. The Hall–Kier alpha value is -1.45. The van der Waals surface area contributed by atoms with Gasteiger partial charge in [-0.1, -0.05) is 12.2 Å². The molecule has 0 fully saturated rings. The summed E-state index contributed by atoms with van der Waals surface area (Å²) >= 11 is 0. The van der Waals surface area contributed by atoms with E-state index in [4.69, 9.17) is 18.9 Å². The van der Waals surface area contributed by atoms with Crippen molar-refractivity contribution in [2.24, 2.45) is 17.8 Å². The summed E-state index contributed by atoms with van der Waals surface area (Å²) in [5.74, 6) is 1.93. The van der Waals surface area contributed by atoms with Crippen LogP contribution in [0.15, 0.2) is 41.2 Å². The summed E-state index contributed by atoms with van der Waals surface area (Å²) in [6, 6.07) is 0. The van der Waals surface area contributed by atoms with Gasteiger partial charge in [-0.2, -0.15) is 0 Å². The molecule has 0 N–H and O–H groups in total. The summed E-state index contributed by atoms with van der Waals surface area (Å²) in [6.45, 7) is 0. The number of hydrogen-bond acceptors (Lipinski definition) is 4. The Morgan fingerprint density at radius 1 is 1.17 bits per heavy atom. The zero-order valence-electron chi connectivity index (χ0n) is 14.2. The van der Waals surface area contributed by atoms with E-state index in [0.29, 0.717) is 11.8 Å². The van der Waals surface area contributed by atoms with Gasteiger partial charge in [-0.05, 0) is 24.3 Å². The fourth-order valence-corrected chi connectivity index (χ4v) is 4.21. The van der Waals surface area contributed by atoms with Gasteiger partial charge in [-0.25, -0.2) is 0 Å². The van der Waals surface area contributed by atoms with Gasteiger partial charge < -0.3 is 18.9 Å². The first kappa shape index (κ1) is 16.4. The minimum absolute atomic E-state index is 0.137. The molecule has 0 amide bonds. The van der Waals surface area contributed by atoms with Gasteiger partial charge in [0.1, 0.15) is 5.76 Å². The molecule has 4 nitrogen and oxygen atoms in total. The van der Waals surface area contributed by atoms with Crippen LogP contribution in [0.25, 0.3) is 0 Å². The van der Waals surface area contributed by atoms with Crippen molar-refractivity contribution >= 4 is 0 Å². The number of hydrogen-bond donors (Lipinski definition) is 0. The highest BCUT2D eigenvalue weighted by Gasteiger charge is 2.48. The molecule has 0 aliphatic heterocycles. The zero-order chi connectivity index (χ0) is 16.4. The molecule has 0 aromatic rings. The minimum atomic E-state index is -0.400. The summed E-state index contributed by atoms with van der Waals surface area (Å²) < 4.78 is 22.6. The van der Waals surface area contributed by atoms with Crippen LogP contribution in [-0.2, 0) is 18.9 Å². The van der Waals surface area contributed by atoms with E-state index < -0.39 is 6.29 Å². The van der Waals surface area contributed by atoms with E-state index in [1.807, 2.05) is 6.08 Å². The third kappa shape index (κ3) is 2.77. The first-order valence-corrected chi connectivity index (χ1v) is 8.07. The molecule has 0 aromatic heterocycles. The molecular formula is C19H25O4+. The van der Waals surface area contributed by atoms with Gasteiger partial charge in [0.15, 0.2) is 12.4 Å². The average Bonchev–Trinajstić information content (AvgIpc) is 2.60. The van der Waals surface area contributed by atoms with Crippen LogP contribution in [0.3, 0.4) is 0 Å². The SMILES string of the molecule is COC1=CC=CC2CC3CC=[C+]C(OC)C3=C(C(OC)OC)C12. The second-order valence-electron chi connectivity index (χ2n) is 6.17. The third-order valence-corrected chi connectivity index (χ3v) is 5.13. The van der Waals surface area contributed by atoms with E-state index in [2.05, 4.69) is 24.3 Å². The second kappa shape index (κ2) is 6.98. The highest BCUT2D eigenvalue weighted by molar-refractivity contribution is 5.40. The van der Waals surface area contributed by atoms with Crippen molar-refractivity contribution in [3.63, 3.8) is 0 Å². The van der Waals surface area contributed by atoms with E-state index in [-0.39, 0.29) is 12.0 Å². The Bertz CT molecular complexity index is 554. The topological polar surface area (TPSA) is 36.9 Å². The molecular weight excluding hydrogens is 292 g/mol. The maximum Gasteiger partial charge on any atom is 0.298 e. The molecule has 0 bridgehead atoms. The van der Waals surface area contributed by atoms with Gasteiger partial charge in [0.25, 0.3) is 12.2 Å². The van der Waals surface area contributed by atoms with Crippen LogP contribution in [0.5, 0.6) is 0 Å². The van der Waals surface area contributed by atoms with E-state index in [1.165, 1.54) is 5.57 Å². The largest absolute Gasteiger partial charge is 0.500 e. The Balaban J connectivity index is 2.15. The van der Waals surface area contributed by atoms with E-state index >= 15 is 0 Å². The first-order valence-electron chi connectivity index (χ1n) is 8.07. The van der Waals surface area contributed by atoms with E-state index in [0.717, 1.165) is 24.2 Å². The van der Waals surface area contributed by atoms with Crippen LogP contribution >= 0.6 is 0 Å². The monoisotopic (exact) mass is 317 g/mol. The quantitative estimate of drug-likeness (QED) is 0.444. The summed E-state index contributed by atoms with van der Waals surface area (Å²) in [4.78, 5) is 0. The molecule has 0 saturated heterocycles. The van der Waals surface area contributed by atoms with Crippen molar-refractivity contribution in [3.8, 4) is 0 Å². The molecule has 4 heteroatoms. The first-order chi connectivity index (χ1) is 11.2. The van der Waals surface area contributed by atoms with Gasteiger partial charge in [0.05, 0.1) is 7.11 Å². The van der Waals surface area contributed by atoms with Crippen LogP contribution in [0.1, 0.15) is 12.8 Å². The van der Waals surface area contributed by atoms with Crippen LogP contribution in [-0.4, -0.2) is 40.8 Å². The van der Waals surface area contributed by atoms with Gasteiger partial charge in [-0.15, -0.1) is 0 Å². The molecule has 0 spiro atoms. The summed E-state index contributed by atoms with van der Waals surface area (Å²) in [5, 5.41) is 0. The maximum absolute atomic E-state index is 5.69. The molecule has 3 rings (SSSR count). The van der Waals surface area contributed by atoms with Crippen LogP contribution < -0.4 is 0 Å². The molecule has 0 aromatic carbocycles. The maximum atomic E-state index is 5.69. The predicted molar refractivity (Wildman–Crippen MR) is 87.4 cm³/mol. The second-order valence-corrected chi connectivity index (χ2v) is 6.17. The number of fused-ring (bicyclic) bond motifs is 2. The normalized spacial score (nSPS) is 32.3. The van der Waals surface area contributed by atoms with Crippen LogP contribution in [0.2, 0.25) is 0 Å². The van der Waals surface area contributed by atoms with Gasteiger partial charge in [0, 0.05) is 44.8 Å². The van der Waals surface area contributed by atoms with Crippen molar-refractivity contribution in [3.05, 3.63) is 47.3 Å². The molecule has 4 atom stereocenters. The third-order valence-electron chi connectivity index (χ3n) is 5.13. The molecule has 0 heterocycles. The Kier molecular flexibility index (Phi) is 4.98. The Morgan fingerprint density at radius 3 is 2.61 bits per heavy atom. The van der Waals surface area contributed by atoms with E-state index in [9.17, 15) is 0 Å². The van der Waals surface area contributed by atoms with E-state index in [1.54, 1.807) is 28.4 Å². The van der Waals surface area contributed by atoms with Gasteiger partial charge in [-0.3, -0.25) is 0 Å². The van der Waals surface area contributed by atoms with Crippen molar-refractivity contribution in [1.82, 2.24) is 0 Å². The van der Waals surface area contributed by atoms with Crippen molar-refractivity contribution < 1.29 is 18.9 Å².